The van der Waals surface area contributed by atoms with Crippen LogP contribution in [0.3, 0.4) is 0 Å². The molecule has 1 unspecified atom stereocenters. The van der Waals surface area contributed by atoms with Crippen LogP contribution in [0.25, 0.3) is 0 Å². The Morgan fingerprint density at radius 3 is 2.27 bits per heavy atom. The minimum Gasteiger partial charge on any atom is -0.385 e. The van der Waals surface area contributed by atoms with Crippen LogP contribution in [0.2, 0.25) is 0 Å². The number of rotatable bonds is 10. The Balaban J connectivity index is 3.53. The van der Waals surface area contributed by atoms with Crippen LogP contribution in [0, 0.1) is 5.92 Å². The summed E-state index contributed by atoms with van der Waals surface area (Å²) in [5.74, 6) is 0.839. The lowest BCUT2D eigenvalue weighted by molar-refractivity contribution is 0.188. The molecule has 0 aliphatic carbocycles. The molecule has 0 aliphatic heterocycles. The van der Waals surface area contributed by atoms with Gasteiger partial charge in [-0.1, -0.05) is 33.6 Å². The van der Waals surface area contributed by atoms with Gasteiger partial charge in [-0.25, -0.2) is 0 Å². The first-order valence-corrected chi connectivity index (χ1v) is 6.43. The van der Waals surface area contributed by atoms with E-state index in [9.17, 15) is 0 Å². The van der Waals surface area contributed by atoms with Crippen molar-refractivity contribution in [2.45, 2.75) is 58.9 Å². The highest BCUT2D eigenvalue weighted by atomic mass is 16.5. The van der Waals surface area contributed by atoms with Crippen molar-refractivity contribution >= 4 is 0 Å². The smallest absolute Gasteiger partial charge is 0.0462 e. The van der Waals surface area contributed by atoms with Crippen molar-refractivity contribution in [1.29, 1.82) is 0 Å². The van der Waals surface area contributed by atoms with Gasteiger partial charge in [0.05, 0.1) is 0 Å². The molecule has 0 aromatic rings. The maximum atomic E-state index is 5.09. The summed E-state index contributed by atoms with van der Waals surface area (Å²) in [7, 11) is 1.78. The second kappa shape index (κ2) is 10.4. The summed E-state index contributed by atoms with van der Waals surface area (Å²) in [6.07, 6.45) is 6.44. The van der Waals surface area contributed by atoms with Crippen molar-refractivity contribution in [2.75, 3.05) is 20.3 Å². The third-order valence-corrected chi connectivity index (χ3v) is 2.73. The third kappa shape index (κ3) is 10.2. The summed E-state index contributed by atoms with van der Waals surface area (Å²) in [4.78, 5) is 0. The summed E-state index contributed by atoms with van der Waals surface area (Å²) < 4.78 is 5.09. The van der Waals surface area contributed by atoms with Crippen LogP contribution < -0.4 is 5.32 Å². The third-order valence-electron chi connectivity index (χ3n) is 2.73. The molecule has 92 valence electrons. The van der Waals surface area contributed by atoms with Gasteiger partial charge in [-0.05, 0) is 31.7 Å². The van der Waals surface area contributed by atoms with Crippen molar-refractivity contribution in [3.8, 4) is 0 Å². The van der Waals surface area contributed by atoms with Crippen molar-refractivity contribution in [3.63, 3.8) is 0 Å². The van der Waals surface area contributed by atoms with Gasteiger partial charge >= 0.3 is 0 Å². The van der Waals surface area contributed by atoms with Gasteiger partial charge < -0.3 is 10.1 Å². The summed E-state index contributed by atoms with van der Waals surface area (Å²) in [5.41, 5.74) is 0. The van der Waals surface area contributed by atoms with E-state index in [1.54, 1.807) is 7.11 Å². The second-order valence-corrected chi connectivity index (χ2v) is 4.71. The average molecular weight is 215 g/mol. The Labute approximate surface area is 95.8 Å². The highest BCUT2D eigenvalue weighted by Crippen LogP contribution is 2.11. The van der Waals surface area contributed by atoms with Crippen molar-refractivity contribution in [1.82, 2.24) is 5.32 Å². The maximum Gasteiger partial charge on any atom is 0.0462 e. The zero-order valence-electron chi connectivity index (χ0n) is 11.0. The minimum atomic E-state index is 0.698. The first-order chi connectivity index (χ1) is 7.20. The van der Waals surface area contributed by atoms with Gasteiger partial charge in [-0.3, -0.25) is 0 Å². The van der Waals surface area contributed by atoms with Gasteiger partial charge in [0.15, 0.2) is 0 Å². The lowest BCUT2D eigenvalue weighted by Gasteiger charge is -2.18. The topological polar surface area (TPSA) is 21.3 Å². The van der Waals surface area contributed by atoms with E-state index < -0.39 is 0 Å². The number of methoxy groups -OCH3 is 1. The lowest BCUT2D eigenvalue weighted by atomic mass is 10.0. The molecule has 0 amide bonds. The van der Waals surface area contributed by atoms with E-state index >= 15 is 0 Å². The first-order valence-electron chi connectivity index (χ1n) is 6.43. The van der Waals surface area contributed by atoms with Crippen LogP contribution in [0.1, 0.15) is 52.9 Å². The lowest BCUT2D eigenvalue weighted by Crippen LogP contribution is -2.29. The number of nitrogens with one attached hydrogen (secondary N) is 1. The highest BCUT2D eigenvalue weighted by Gasteiger charge is 2.06. The average Bonchev–Trinajstić information content (AvgIpc) is 2.17. The highest BCUT2D eigenvalue weighted by molar-refractivity contribution is 4.66. The molecule has 1 atom stereocenters. The molecule has 1 N–H and O–H groups in total. The van der Waals surface area contributed by atoms with Crippen molar-refractivity contribution in [2.24, 2.45) is 5.92 Å². The van der Waals surface area contributed by atoms with Crippen LogP contribution in [-0.4, -0.2) is 26.3 Å². The summed E-state index contributed by atoms with van der Waals surface area (Å²) in [6, 6.07) is 0.698. The Bertz CT molecular complexity index is 126. The molecular weight excluding hydrogens is 186 g/mol. The quantitative estimate of drug-likeness (QED) is 0.565. The van der Waals surface area contributed by atoms with Crippen LogP contribution in [-0.2, 0) is 4.74 Å². The molecule has 0 rings (SSSR count). The van der Waals surface area contributed by atoms with Gasteiger partial charge in [0.1, 0.15) is 0 Å². The molecule has 0 aromatic carbocycles. The molecule has 2 nitrogen and oxygen atoms in total. The molecule has 0 spiro atoms. The fraction of sp³-hybridized carbons (Fsp3) is 1.00. The molecule has 0 saturated carbocycles. The molecule has 0 radical (unpaired) electrons. The van der Waals surface area contributed by atoms with E-state index in [-0.39, 0.29) is 0 Å². The van der Waals surface area contributed by atoms with Crippen LogP contribution in [0.15, 0.2) is 0 Å². The fourth-order valence-corrected chi connectivity index (χ4v) is 1.88. The number of hydrogen-bond acceptors (Lipinski definition) is 2. The molecule has 0 aromatic heterocycles. The molecule has 0 saturated heterocycles. The van der Waals surface area contributed by atoms with E-state index in [1.165, 1.54) is 32.1 Å². The Morgan fingerprint density at radius 2 is 1.73 bits per heavy atom. The number of hydrogen-bond donors (Lipinski definition) is 1. The monoisotopic (exact) mass is 215 g/mol. The normalized spacial score (nSPS) is 13.4. The maximum absolute atomic E-state index is 5.09. The predicted octanol–water partition coefficient (Wildman–Crippen LogP) is 3.22. The first kappa shape index (κ1) is 14.9. The zero-order valence-corrected chi connectivity index (χ0v) is 11.0. The van der Waals surface area contributed by atoms with Gasteiger partial charge in [0.2, 0.25) is 0 Å². The van der Waals surface area contributed by atoms with Gasteiger partial charge in [0, 0.05) is 19.8 Å². The molecule has 0 heterocycles. The van der Waals surface area contributed by atoms with Crippen LogP contribution in [0.5, 0.6) is 0 Å². The van der Waals surface area contributed by atoms with Gasteiger partial charge in [-0.15, -0.1) is 0 Å². The minimum absolute atomic E-state index is 0.698. The van der Waals surface area contributed by atoms with Crippen molar-refractivity contribution < 1.29 is 4.74 Å². The Hall–Kier alpha value is -0.0800. The van der Waals surface area contributed by atoms with Gasteiger partial charge in [-0.2, -0.15) is 0 Å². The van der Waals surface area contributed by atoms with Crippen molar-refractivity contribution in [3.05, 3.63) is 0 Å². The predicted molar refractivity (Wildman–Crippen MR) is 67.3 cm³/mol. The van der Waals surface area contributed by atoms with E-state index in [0.29, 0.717) is 6.04 Å². The summed E-state index contributed by atoms with van der Waals surface area (Å²) >= 11 is 0. The van der Waals surface area contributed by atoms with E-state index in [0.717, 1.165) is 19.1 Å². The summed E-state index contributed by atoms with van der Waals surface area (Å²) in [6.45, 7) is 8.76. The van der Waals surface area contributed by atoms with E-state index in [2.05, 4.69) is 26.1 Å². The largest absolute Gasteiger partial charge is 0.385 e. The van der Waals surface area contributed by atoms with E-state index in [1.807, 2.05) is 0 Å². The molecule has 0 fully saturated rings. The molecule has 15 heavy (non-hydrogen) atoms. The SMILES string of the molecule is CCNC(CCCOC)CCCC(C)C. The molecule has 0 bridgehead atoms. The fourth-order valence-electron chi connectivity index (χ4n) is 1.88. The summed E-state index contributed by atoms with van der Waals surface area (Å²) in [5, 5.41) is 3.56. The molecular formula is C13H29NO. The number of ether oxygens (including phenoxy) is 1. The van der Waals surface area contributed by atoms with Crippen LogP contribution in [0.4, 0.5) is 0 Å². The Morgan fingerprint density at radius 1 is 1.07 bits per heavy atom. The van der Waals surface area contributed by atoms with Crippen LogP contribution >= 0.6 is 0 Å². The van der Waals surface area contributed by atoms with Gasteiger partial charge in [0.25, 0.3) is 0 Å². The molecule has 2 heteroatoms. The standard InChI is InChI=1S/C13H29NO/c1-5-14-13(10-7-11-15-4)9-6-8-12(2)3/h12-14H,5-11H2,1-4H3. The molecule has 0 aliphatic rings. The van der Waals surface area contributed by atoms with E-state index in [4.69, 9.17) is 4.74 Å². The second-order valence-electron chi connectivity index (χ2n) is 4.71. The zero-order chi connectivity index (χ0) is 11.5. The Kier molecular flexibility index (Phi) is 10.4.